The van der Waals surface area contributed by atoms with E-state index in [1.807, 2.05) is 36.4 Å². The molecular formula is C25H27ClFN3O3. The molecule has 1 N–H and O–H groups in total. The van der Waals surface area contributed by atoms with Crippen molar-refractivity contribution in [3.8, 4) is 11.5 Å². The lowest BCUT2D eigenvalue weighted by atomic mass is 10.1. The fourth-order valence-corrected chi connectivity index (χ4v) is 3.70. The molecule has 0 bridgehead atoms. The van der Waals surface area contributed by atoms with Crippen molar-refractivity contribution in [2.45, 2.75) is 19.7 Å². The average molecular weight is 472 g/mol. The minimum absolute atomic E-state index is 0. The van der Waals surface area contributed by atoms with E-state index in [0.717, 1.165) is 27.7 Å². The lowest BCUT2D eigenvalue weighted by Crippen LogP contribution is -2.19. The molecule has 0 atom stereocenters. The highest BCUT2D eigenvalue weighted by molar-refractivity contribution is 5.85. The molecule has 0 saturated carbocycles. The van der Waals surface area contributed by atoms with E-state index in [9.17, 15) is 9.18 Å². The van der Waals surface area contributed by atoms with Crippen LogP contribution in [0.15, 0.2) is 65.5 Å². The molecule has 4 rings (SSSR count). The molecule has 174 valence electrons. The van der Waals surface area contributed by atoms with Gasteiger partial charge >= 0.3 is 5.69 Å². The summed E-state index contributed by atoms with van der Waals surface area (Å²) in [5, 5.41) is 3.35. The zero-order valence-corrected chi connectivity index (χ0v) is 19.6. The first-order chi connectivity index (χ1) is 15.5. The first kappa shape index (κ1) is 24.4. The first-order valence-corrected chi connectivity index (χ1v) is 10.4. The summed E-state index contributed by atoms with van der Waals surface area (Å²) >= 11 is 0. The summed E-state index contributed by atoms with van der Waals surface area (Å²) in [4.78, 5) is 12.1. The molecule has 0 aliphatic carbocycles. The standard InChI is InChI=1S/C25H26FN3O3.ClH/c1-28-21-10-6-19(12-22(21)29(2)25(28)30)16-32-23-11-7-18(13-24(23)31-3)15-27-14-17-4-8-20(26)9-5-17;/h4-13,27H,14-16H2,1-3H3;1H. The Hall–Kier alpha value is -3.29. The molecule has 4 aromatic rings. The van der Waals surface area contributed by atoms with Crippen molar-refractivity contribution in [2.24, 2.45) is 14.1 Å². The van der Waals surface area contributed by atoms with E-state index < -0.39 is 0 Å². The Morgan fingerprint density at radius 2 is 1.45 bits per heavy atom. The summed E-state index contributed by atoms with van der Waals surface area (Å²) in [5.74, 6) is 1.07. The van der Waals surface area contributed by atoms with E-state index in [-0.39, 0.29) is 23.9 Å². The Morgan fingerprint density at radius 1 is 0.818 bits per heavy atom. The van der Waals surface area contributed by atoms with Gasteiger partial charge in [-0.1, -0.05) is 24.3 Å². The Balaban J connectivity index is 0.00000306. The van der Waals surface area contributed by atoms with Crippen LogP contribution in [0.3, 0.4) is 0 Å². The van der Waals surface area contributed by atoms with Crippen molar-refractivity contribution in [1.82, 2.24) is 14.5 Å². The molecular weight excluding hydrogens is 445 g/mol. The summed E-state index contributed by atoms with van der Waals surface area (Å²) in [7, 11) is 5.15. The fourth-order valence-electron chi connectivity index (χ4n) is 3.70. The molecule has 0 spiro atoms. The highest BCUT2D eigenvalue weighted by Gasteiger charge is 2.10. The lowest BCUT2D eigenvalue weighted by Gasteiger charge is -2.13. The largest absolute Gasteiger partial charge is 0.493 e. The number of aryl methyl sites for hydroxylation is 2. The number of aromatic nitrogens is 2. The van der Waals surface area contributed by atoms with Crippen LogP contribution in [-0.2, 0) is 33.8 Å². The Kier molecular flexibility index (Phi) is 7.79. The van der Waals surface area contributed by atoms with Crippen LogP contribution < -0.4 is 20.5 Å². The van der Waals surface area contributed by atoms with Crippen molar-refractivity contribution < 1.29 is 13.9 Å². The summed E-state index contributed by atoms with van der Waals surface area (Å²) in [5.41, 5.74) is 4.74. The minimum atomic E-state index is -0.234. The molecule has 0 aliphatic heterocycles. The second-order valence-electron chi connectivity index (χ2n) is 7.73. The maximum Gasteiger partial charge on any atom is 0.328 e. The summed E-state index contributed by atoms with van der Waals surface area (Å²) in [6.07, 6.45) is 0. The van der Waals surface area contributed by atoms with Gasteiger partial charge in [-0.2, -0.15) is 0 Å². The topological polar surface area (TPSA) is 57.4 Å². The minimum Gasteiger partial charge on any atom is -0.493 e. The second kappa shape index (κ2) is 10.6. The van der Waals surface area contributed by atoms with Crippen LogP contribution in [0.25, 0.3) is 11.0 Å². The van der Waals surface area contributed by atoms with E-state index in [4.69, 9.17) is 9.47 Å². The predicted molar refractivity (Wildman–Crippen MR) is 130 cm³/mol. The molecule has 0 radical (unpaired) electrons. The third kappa shape index (κ3) is 5.38. The number of rotatable bonds is 8. The third-order valence-electron chi connectivity index (χ3n) is 5.53. The van der Waals surface area contributed by atoms with E-state index in [1.54, 1.807) is 42.5 Å². The summed E-state index contributed by atoms with van der Waals surface area (Å²) in [6, 6.07) is 18.1. The number of imidazole rings is 1. The van der Waals surface area contributed by atoms with Gasteiger partial charge in [0.15, 0.2) is 11.5 Å². The van der Waals surface area contributed by atoms with Gasteiger partial charge in [-0.25, -0.2) is 9.18 Å². The van der Waals surface area contributed by atoms with Gasteiger partial charge in [0, 0.05) is 27.2 Å². The van der Waals surface area contributed by atoms with Crippen molar-refractivity contribution in [1.29, 1.82) is 0 Å². The quantitative estimate of drug-likeness (QED) is 0.416. The van der Waals surface area contributed by atoms with Crippen LogP contribution in [0.2, 0.25) is 0 Å². The monoisotopic (exact) mass is 471 g/mol. The Bertz CT molecular complexity index is 1300. The SMILES string of the molecule is COc1cc(CNCc2ccc(F)cc2)ccc1OCc1ccc2c(c1)n(C)c(=O)n2C.Cl. The van der Waals surface area contributed by atoms with Crippen LogP contribution in [-0.4, -0.2) is 16.2 Å². The van der Waals surface area contributed by atoms with Crippen LogP contribution in [0.4, 0.5) is 4.39 Å². The Morgan fingerprint density at radius 3 is 2.18 bits per heavy atom. The predicted octanol–water partition coefficient (Wildman–Crippen LogP) is 4.32. The second-order valence-corrected chi connectivity index (χ2v) is 7.73. The number of nitrogens with zero attached hydrogens (tertiary/aromatic N) is 2. The Labute approximate surface area is 198 Å². The van der Waals surface area contributed by atoms with Crippen molar-refractivity contribution in [3.63, 3.8) is 0 Å². The number of hydrogen-bond acceptors (Lipinski definition) is 4. The van der Waals surface area contributed by atoms with Crippen molar-refractivity contribution >= 4 is 23.4 Å². The number of benzene rings is 3. The highest BCUT2D eigenvalue weighted by atomic mass is 35.5. The van der Waals surface area contributed by atoms with Crippen molar-refractivity contribution in [2.75, 3.05) is 7.11 Å². The van der Waals surface area contributed by atoms with Gasteiger partial charge in [-0.05, 0) is 53.1 Å². The number of fused-ring (bicyclic) bond motifs is 1. The molecule has 0 saturated heterocycles. The van der Waals surface area contributed by atoms with Gasteiger partial charge in [0.2, 0.25) is 0 Å². The van der Waals surface area contributed by atoms with Crippen LogP contribution in [0.1, 0.15) is 16.7 Å². The average Bonchev–Trinajstić information content (AvgIpc) is 3.03. The van der Waals surface area contributed by atoms with E-state index in [0.29, 0.717) is 31.2 Å². The first-order valence-electron chi connectivity index (χ1n) is 10.4. The van der Waals surface area contributed by atoms with Gasteiger partial charge in [0.25, 0.3) is 0 Å². The van der Waals surface area contributed by atoms with Gasteiger partial charge in [-0.15, -0.1) is 12.4 Å². The molecule has 0 amide bonds. The number of hydrogen-bond donors (Lipinski definition) is 1. The maximum absolute atomic E-state index is 13.0. The molecule has 0 unspecified atom stereocenters. The van der Waals surface area contributed by atoms with Crippen LogP contribution >= 0.6 is 12.4 Å². The number of ether oxygens (including phenoxy) is 2. The number of halogens is 2. The molecule has 1 heterocycles. The molecule has 33 heavy (non-hydrogen) atoms. The molecule has 3 aromatic carbocycles. The van der Waals surface area contributed by atoms with E-state index in [2.05, 4.69) is 5.32 Å². The van der Waals surface area contributed by atoms with Crippen molar-refractivity contribution in [3.05, 3.63) is 93.7 Å². The van der Waals surface area contributed by atoms with Gasteiger partial charge < -0.3 is 14.8 Å². The maximum atomic E-state index is 13.0. The molecule has 6 nitrogen and oxygen atoms in total. The van der Waals surface area contributed by atoms with Gasteiger partial charge in [0.1, 0.15) is 12.4 Å². The molecule has 0 fully saturated rings. The summed E-state index contributed by atoms with van der Waals surface area (Å²) < 4.78 is 27.8. The van der Waals surface area contributed by atoms with Gasteiger partial charge in [0.05, 0.1) is 18.1 Å². The van der Waals surface area contributed by atoms with Crippen LogP contribution in [0, 0.1) is 5.82 Å². The molecule has 8 heteroatoms. The van der Waals surface area contributed by atoms with E-state index >= 15 is 0 Å². The molecule has 1 aromatic heterocycles. The zero-order valence-electron chi connectivity index (χ0n) is 18.8. The highest BCUT2D eigenvalue weighted by Crippen LogP contribution is 2.29. The number of methoxy groups -OCH3 is 1. The lowest BCUT2D eigenvalue weighted by molar-refractivity contribution is 0.284. The normalized spacial score (nSPS) is 10.8. The third-order valence-corrected chi connectivity index (χ3v) is 5.53. The fraction of sp³-hybridized carbons (Fsp3) is 0.240. The molecule has 0 aliphatic rings. The van der Waals surface area contributed by atoms with Gasteiger partial charge in [-0.3, -0.25) is 9.13 Å². The smallest absolute Gasteiger partial charge is 0.328 e. The zero-order chi connectivity index (χ0) is 22.7. The summed E-state index contributed by atoms with van der Waals surface area (Å²) in [6.45, 7) is 1.65. The van der Waals surface area contributed by atoms with E-state index in [1.165, 1.54) is 12.1 Å². The number of nitrogens with one attached hydrogen (secondary N) is 1. The van der Waals surface area contributed by atoms with Crippen LogP contribution in [0.5, 0.6) is 11.5 Å².